The van der Waals surface area contributed by atoms with Crippen LogP contribution in [0.2, 0.25) is 0 Å². The van der Waals surface area contributed by atoms with Crippen LogP contribution in [0.1, 0.15) is 64.2 Å². The van der Waals surface area contributed by atoms with Crippen LogP contribution < -0.4 is 36.0 Å². The Bertz CT molecular complexity index is 1660. The molecule has 19 heteroatoms. The van der Waals surface area contributed by atoms with Crippen LogP contribution in [0, 0.1) is 0 Å². The summed E-state index contributed by atoms with van der Waals surface area (Å²) in [6.45, 7) is 4.09. The summed E-state index contributed by atoms with van der Waals surface area (Å²) in [5, 5.41) is 12.2. The van der Waals surface area contributed by atoms with Gasteiger partial charge in [0.25, 0.3) is 0 Å². The van der Waals surface area contributed by atoms with E-state index in [-0.39, 0.29) is 43.0 Å². The van der Waals surface area contributed by atoms with Crippen molar-refractivity contribution < 1.29 is 51.7 Å². The summed E-state index contributed by atoms with van der Waals surface area (Å²) in [4.78, 5) is 52.3. The summed E-state index contributed by atoms with van der Waals surface area (Å²) in [5.41, 5.74) is 5.77. The molecule has 344 valence electrons. The molecule has 0 bridgehead atoms. The monoisotopic (exact) mass is 904 g/mol. The molecule has 3 fully saturated rings. The normalized spacial score (nSPS) is 20.0. The largest absolute Gasteiger partial charge is 0.452 e. The number of nitrogens with zero attached hydrogens (tertiary/aromatic N) is 1. The van der Waals surface area contributed by atoms with Gasteiger partial charge in [-0.2, -0.15) is 11.8 Å². The fraction of sp³-hybridized carbons (Fsp3) is 0.628. The Labute approximate surface area is 369 Å². The number of nitrogens with one attached hydrogen (secondary N) is 4. The van der Waals surface area contributed by atoms with Crippen molar-refractivity contribution in [3.63, 3.8) is 0 Å². The Hall–Kier alpha value is -3.90. The summed E-state index contributed by atoms with van der Waals surface area (Å²) in [6, 6.07) is 17.0. The molecule has 0 saturated carbocycles. The molecule has 3 aliphatic rings. The number of amides is 5. The highest BCUT2D eigenvalue weighted by atomic mass is 32.2. The second kappa shape index (κ2) is 27.3. The first-order valence-electron chi connectivity index (χ1n) is 21.9. The topological polar surface area (TPSA) is 218 Å². The SMILES string of the molecule is NCCCC[C@@H](NC(=O)[C@@H]1CCCN1C(=O)CCOCCOCCOCCOCCNC(=O)CCCC[C@@H]1SC[C@@H]2NC(=O)N[C@@H]21)P(=O)(Oc1ccccc1)Oc1ccccc1. The minimum absolute atomic E-state index is 0.0145. The summed E-state index contributed by atoms with van der Waals surface area (Å²) in [7, 11) is -4.05. The number of likely N-dealkylation sites (tertiary alicyclic amines) is 1. The fourth-order valence-electron chi connectivity index (χ4n) is 7.48. The number of benzene rings is 2. The molecule has 0 aliphatic carbocycles. The molecule has 62 heavy (non-hydrogen) atoms. The number of thioether (sulfide) groups is 1. The lowest BCUT2D eigenvalue weighted by Crippen LogP contribution is -2.49. The van der Waals surface area contributed by atoms with Crippen LogP contribution in [-0.4, -0.2) is 136 Å². The first kappa shape index (κ1) is 49.1. The van der Waals surface area contributed by atoms with Crippen LogP contribution in [0.15, 0.2) is 60.7 Å². The maximum Gasteiger partial charge on any atom is 0.452 e. The van der Waals surface area contributed by atoms with Gasteiger partial charge in [0.15, 0.2) is 5.78 Å². The molecule has 3 aliphatic heterocycles. The van der Waals surface area contributed by atoms with Crippen molar-refractivity contribution in [3.05, 3.63) is 60.7 Å². The maximum atomic E-state index is 14.6. The molecular weight excluding hydrogens is 840 g/mol. The number of carbonyl (C=O) groups is 4. The number of nitrogens with two attached hydrogens (primary N) is 1. The van der Waals surface area contributed by atoms with Crippen LogP contribution in [0.4, 0.5) is 4.79 Å². The fourth-order valence-corrected chi connectivity index (χ4v) is 10.9. The van der Waals surface area contributed by atoms with Gasteiger partial charge < -0.3 is 59.9 Å². The van der Waals surface area contributed by atoms with E-state index >= 15 is 0 Å². The highest BCUT2D eigenvalue weighted by Crippen LogP contribution is 2.53. The van der Waals surface area contributed by atoms with E-state index < -0.39 is 25.3 Å². The zero-order valence-corrected chi connectivity index (χ0v) is 37.3. The number of para-hydroxylation sites is 2. The molecule has 2 aromatic rings. The lowest BCUT2D eigenvalue weighted by atomic mass is 10.0. The van der Waals surface area contributed by atoms with Gasteiger partial charge in [-0.3, -0.25) is 14.4 Å². The molecule has 5 rings (SSSR count). The van der Waals surface area contributed by atoms with E-state index in [1.54, 1.807) is 53.4 Å². The Morgan fingerprint density at radius 1 is 0.806 bits per heavy atom. The van der Waals surface area contributed by atoms with Crippen molar-refractivity contribution in [1.82, 2.24) is 26.2 Å². The maximum absolute atomic E-state index is 14.6. The van der Waals surface area contributed by atoms with Crippen LogP contribution >= 0.6 is 19.4 Å². The number of urea groups is 1. The molecule has 6 N–H and O–H groups in total. The molecule has 2 aromatic carbocycles. The Morgan fingerprint density at radius 2 is 1.44 bits per heavy atom. The number of unbranched alkanes of at least 4 members (excludes halogenated alkanes) is 2. The lowest BCUT2D eigenvalue weighted by molar-refractivity contribution is -0.139. The summed E-state index contributed by atoms with van der Waals surface area (Å²) < 4.78 is 49.0. The molecule has 0 unspecified atom stereocenters. The van der Waals surface area contributed by atoms with E-state index in [9.17, 15) is 23.7 Å². The smallest absolute Gasteiger partial charge is 0.415 e. The molecule has 3 saturated heterocycles. The third kappa shape index (κ3) is 16.7. The molecule has 0 radical (unpaired) electrons. The number of ether oxygens (including phenoxy) is 4. The lowest BCUT2D eigenvalue weighted by Gasteiger charge is -2.30. The minimum atomic E-state index is -4.05. The highest BCUT2D eigenvalue weighted by molar-refractivity contribution is 8.00. The quantitative estimate of drug-likeness (QED) is 0.0408. The van der Waals surface area contributed by atoms with Crippen molar-refractivity contribution in [2.75, 3.05) is 78.2 Å². The van der Waals surface area contributed by atoms with Gasteiger partial charge in [0.2, 0.25) is 17.7 Å². The van der Waals surface area contributed by atoms with Gasteiger partial charge in [-0.15, -0.1) is 0 Å². The van der Waals surface area contributed by atoms with Crippen LogP contribution in [0.25, 0.3) is 0 Å². The van der Waals surface area contributed by atoms with Crippen molar-refractivity contribution in [3.8, 4) is 11.5 Å². The van der Waals surface area contributed by atoms with E-state index in [0.717, 1.165) is 25.0 Å². The van der Waals surface area contributed by atoms with Gasteiger partial charge in [-0.05, 0) is 75.8 Å². The van der Waals surface area contributed by atoms with Crippen LogP contribution in [0.5, 0.6) is 11.5 Å². The van der Waals surface area contributed by atoms with Crippen LogP contribution in [0.3, 0.4) is 0 Å². The zero-order chi connectivity index (χ0) is 43.8. The zero-order valence-electron chi connectivity index (χ0n) is 35.6. The predicted octanol–water partition coefficient (Wildman–Crippen LogP) is 4.20. The summed E-state index contributed by atoms with van der Waals surface area (Å²) in [6.07, 6.45) is 6.00. The Kier molecular flexibility index (Phi) is 21.6. The standard InChI is InChI=1S/C43H65N6O11PS/c44-21-10-9-19-39(61(54,59-33-12-3-1-4-13-33)60-34-14-5-2-6-15-34)47-42(52)36-16-11-23-49(36)40(51)20-24-55-26-28-57-30-31-58-29-27-56-25-22-45-38(50)18-8-7-17-37-41-35(32-62-37)46-43(53)48-41/h1-6,12-15,35-37,39,41H,7-11,16-32,44H2,(H,45,50)(H,47,52)(H2,46,48,53)/t35-,36-,37-,39-,41-/m0/s1. The molecule has 17 nitrogen and oxygen atoms in total. The predicted molar refractivity (Wildman–Crippen MR) is 236 cm³/mol. The number of hydrogen-bond donors (Lipinski definition) is 5. The van der Waals surface area contributed by atoms with Gasteiger partial charge in [-0.1, -0.05) is 42.8 Å². The highest BCUT2D eigenvalue weighted by Gasteiger charge is 2.44. The molecule has 0 spiro atoms. The van der Waals surface area contributed by atoms with Gasteiger partial charge in [0.1, 0.15) is 17.5 Å². The summed E-state index contributed by atoms with van der Waals surface area (Å²) >= 11 is 1.89. The molecule has 5 amide bonds. The van der Waals surface area contributed by atoms with E-state index in [4.69, 9.17) is 33.7 Å². The first-order chi connectivity index (χ1) is 30.3. The molecule has 5 atom stereocenters. The van der Waals surface area contributed by atoms with Crippen molar-refractivity contribution in [1.29, 1.82) is 0 Å². The second-order valence-corrected chi connectivity index (χ2v) is 18.7. The average Bonchev–Trinajstić information content (AvgIpc) is 4.01. The van der Waals surface area contributed by atoms with Crippen LogP contribution in [-0.2, 0) is 37.9 Å². The number of fused-ring (bicyclic) bond motifs is 1. The van der Waals surface area contributed by atoms with Crippen molar-refractivity contribution in [2.45, 2.75) is 93.4 Å². The van der Waals surface area contributed by atoms with E-state index in [1.165, 1.54) is 0 Å². The van der Waals surface area contributed by atoms with Crippen molar-refractivity contribution >= 4 is 43.1 Å². The Balaban J connectivity index is 0.891. The third-order valence-corrected chi connectivity index (χ3v) is 14.3. The number of carbonyl (C=O) groups excluding carboxylic acids is 4. The van der Waals surface area contributed by atoms with Crippen molar-refractivity contribution in [2.24, 2.45) is 5.73 Å². The average molecular weight is 905 g/mol. The van der Waals surface area contributed by atoms with Gasteiger partial charge in [0.05, 0.1) is 71.4 Å². The third-order valence-electron chi connectivity index (χ3n) is 10.7. The minimum Gasteiger partial charge on any atom is -0.415 e. The molecule has 0 aromatic heterocycles. The number of rotatable bonds is 31. The molecular formula is C43H65N6O11PS. The Morgan fingerprint density at radius 3 is 2.08 bits per heavy atom. The second-order valence-electron chi connectivity index (χ2n) is 15.3. The van der Waals surface area contributed by atoms with E-state index in [0.29, 0.717) is 121 Å². The molecule has 3 heterocycles. The first-order valence-corrected chi connectivity index (χ1v) is 24.6. The van der Waals surface area contributed by atoms with E-state index in [1.807, 2.05) is 23.9 Å². The van der Waals surface area contributed by atoms with E-state index in [2.05, 4.69) is 21.3 Å². The van der Waals surface area contributed by atoms with Gasteiger partial charge >= 0.3 is 13.6 Å². The van der Waals surface area contributed by atoms with Gasteiger partial charge in [-0.25, -0.2) is 9.36 Å². The number of hydrogen-bond acceptors (Lipinski definition) is 13. The summed E-state index contributed by atoms with van der Waals surface area (Å²) in [5.74, 6) is 0.0353. The van der Waals surface area contributed by atoms with Gasteiger partial charge in [0, 0.05) is 30.5 Å².